The molecule has 1 fully saturated rings. The monoisotopic (exact) mass is 404 g/mol. The Bertz CT molecular complexity index is 768. The Kier molecular flexibility index (Phi) is 7.36. The van der Waals surface area contributed by atoms with Gasteiger partial charge in [0.05, 0.1) is 7.11 Å². The van der Waals surface area contributed by atoms with Gasteiger partial charge in [-0.2, -0.15) is 0 Å². The van der Waals surface area contributed by atoms with Gasteiger partial charge >= 0.3 is 12.0 Å². The maximum atomic E-state index is 12.8. The first-order valence-electron chi connectivity index (χ1n) is 9.79. The smallest absolute Gasteiger partial charge is 0.326 e. The summed E-state index contributed by atoms with van der Waals surface area (Å²) in [5.74, 6) is -1.01. The minimum atomic E-state index is -1.05. The summed E-state index contributed by atoms with van der Waals surface area (Å²) in [5.41, 5.74) is -0.600. The largest absolute Gasteiger partial charge is 0.497 e. The summed E-state index contributed by atoms with van der Waals surface area (Å²) >= 11 is 0. The fraction of sp³-hybridized carbons (Fsp3) is 0.524. The molecule has 8 heteroatoms. The second-order valence-electron chi connectivity index (χ2n) is 7.13. The van der Waals surface area contributed by atoms with Crippen molar-refractivity contribution >= 4 is 23.7 Å². The molecule has 0 radical (unpaired) electrons. The number of ether oxygens (including phenoxy) is 2. The van der Waals surface area contributed by atoms with Crippen molar-refractivity contribution in [2.75, 3.05) is 13.7 Å². The Labute approximate surface area is 170 Å². The molecular formula is C21H28N2O6. The molecule has 8 nitrogen and oxygen atoms in total. The number of hydrogen-bond acceptors (Lipinski definition) is 6. The average molecular weight is 404 g/mol. The van der Waals surface area contributed by atoms with Gasteiger partial charge in [-0.3, -0.25) is 19.3 Å². The summed E-state index contributed by atoms with van der Waals surface area (Å²) in [4.78, 5) is 50.7. The zero-order chi connectivity index (χ0) is 21.6. The van der Waals surface area contributed by atoms with Gasteiger partial charge in [-0.05, 0) is 44.0 Å². The second-order valence-corrected chi connectivity index (χ2v) is 7.13. The van der Waals surface area contributed by atoms with Crippen molar-refractivity contribution in [3.05, 3.63) is 29.8 Å². The van der Waals surface area contributed by atoms with Crippen LogP contribution in [0.2, 0.25) is 0 Å². The van der Waals surface area contributed by atoms with Gasteiger partial charge in [0.1, 0.15) is 17.8 Å². The van der Waals surface area contributed by atoms with Crippen LogP contribution in [0.1, 0.15) is 56.8 Å². The normalized spacial score (nSPS) is 16.3. The highest BCUT2D eigenvalue weighted by molar-refractivity contribution is 6.09. The lowest BCUT2D eigenvalue weighted by Crippen LogP contribution is -2.47. The van der Waals surface area contributed by atoms with Crippen LogP contribution in [0.25, 0.3) is 0 Å². The Morgan fingerprint density at radius 1 is 1.10 bits per heavy atom. The van der Waals surface area contributed by atoms with E-state index in [2.05, 4.69) is 5.32 Å². The van der Waals surface area contributed by atoms with Gasteiger partial charge in [0.15, 0.2) is 6.10 Å². The number of hydrogen-bond donors (Lipinski definition) is 1. The van der Waals surface area contributed by atoms with E-state index in [1.54, 1.807) is 24.3 Å². The molecule has 1 N–H and O–H groups in total. The van der Waals surface area contributed by atoms with Crippen molar-refractivity contribution in [3.63, 3.8) is 0 Å². The number of urea groups is 1. The number of esters is 1. The number of carbonyl (C=O) groups excluding carboxylic acids is 4. The van der Waals surface area contributed by atoms with E-state index in [0.29, 0.717) is 24.2 Å². The van der Waals surface area contributed by atoms with Crippen LogP contribution in [0.15, 0.2) is 24.3 Å². The summed E-state index contributed by atoms with van der Waals surface area (Å²) in [6.45, 7) is 4.79. The number of ketones is 1. The molecule has 2 rings (SSSR count). The highest BCUT2D eigenvalue weighted by Crippen LogP contribution is 2.28. The lowest BCUT2D eigenvalue weighted by atomic mass is 9.88. The van der Waals surface area contributed by atoms with Crippen molar-refractivity contribution in [3.8, 4) is 5.75 Å². The molecule has 1 saturated heterocycles. The van der Waals surface area contributed by atoms with Crippen LogP contribution in [-0.2, 0) is 14.3 Å². The van der Waals surface area contributed by atoms with Gasteiger partial charge < -0.3 is 14.8 Å². The third-order valence-corrected chi connectivity index (χ3v) is 4.94. The van der Waals surface area contributed by atoms with Crippen LogP contribution >= 0.6 is 0 Å². The molecule has 0 aliphatic carbocycles. The van der Waals surface area contributed by atoms with Crippen molar-refractivity contribution in [1.29, 1.82) is 0 Å². The van der Waals surface area contributed by atoms with E-state index in [9.17, 15) is 19.2 Å². The maximum Gasteiger partial charge on any atom is 0.326 e. The third kappa shape index (κ3) is 4.93. The highest BCUT2D eigenvalue weighted by atomic mass is 16.5. The van der Waals surface area contributed by atoms with Gasteiger partial charge in [0, 0.05) is 5.56 Å². The van der Waals surface area contributed by atoms with Crippen LogP contribution in [0.3, 0.4) is 0 Å². The predicted octanol–water partition coefficient (Wildman–Crippen LogP) is 2.70. The molecule has 1 heterocycles. The van der Waals surface area contributed by atoms with Crippen molar-refractivity contribution < 1.29 is 28.7 Å². The molecule has 1 aliphatic rings. The zero-order valence-electron chi connectivity index (χ0n) is 17.3. The third-order valence-electron chi connectivity index (χ3n) is 4.94. The quantitative estimate of drug-likeness (QED) is 0.365. The molecule has 1 aliphatic heterocycles. The average Bonchev–Trinajstić information content (AvgIpc) is 2.92. The summed E-state index contributed by atoms with van der Waals surface area (Å²) in [6.07, 6.45) is 1.40. The maximum absolute atomic E-state index is 12.8. The standard InChI is InChI=1S/C21H28N2O6/c1-5-11-21(12-6-2)19(26)23(20(27)22-21)13-17(24)29-14(3)18(25)15-7-9-16(28-4)10-8-15/h7-10,14H,5-6,11-13H2,1-4H3,(H,22,27)/t14-/m1/s1. The Hall–Kier alpha value is -2.90. The summed E-state index contributed by atoms with van der Waals surface area (Å²) in [5, 5.41) is 2.74. The molecule has 0 bridgehead atoms. The van der Waals surface area contributed by atoms with E-state index in [0.717, 1.165) is 17.7 Å². The number of nitrogens with zero attached hydrogens (tertiary/aromatic N) is 1. The molecule has 3 amide bonds. The molecular weight excluding hydrogens is 376 g/mol. The van der Waals surface area contributed by atoms with Crippen molar-refractivity contribution in [2.45, 2.75) is 58.1 Å². The first-order valence-corrected chi connectivity index (χ1v) is 9.79. The number of Topliss-reactive ketones (excluding diaryl/α,β-unsaturated/α-hetero) is 1. The van der Waals surface area contributed by atoms with E-state index in [4.69, 9.17) is 9.47 Å². The van der Waals surface area contributed by atoms with Crippen LogP contribution in [0.5, 0.6) is 5.75 Å². The van der Waals surface area contributed by atoms with E-state index >= 15 is 0 Å². The van der Waals surface area contributed by atoms with Gasteiger partial charge in [-0.1, -0.05) is 26.7 Å². The first kappa shape index (κ1) is 22.4. The lowest BCUT2D eigenvalue weighted by molar-refractivity contribution is -0.150. The number of methoxy groups -OCH3 is 1. The summed E-state index contributed by atoms with van der Waals surface area (Å²) in [7, 11) is 1.52. The Balaban J connectivity index is 2.01. The van der Waals surface area contributed by atoms with Crippen LogP contribution < -0.4 is 10.1 Å². The number of benzene rings is 1. The van der Waals surface area contributed by atoms with Crippen LogP contribution in [0.4, 0.5) is 4.79 Å². The van der Waals surface area contributed by atoms with Crippen molar-refractivity contribution in [2.24, 2.45) is 0 Å². The highest BCUT2D eigenvalue weighted by Gasteiger charge is 2.50. The van der Waals surface area contributed by atoms with Gasteiger partial charge in [0.25, 0.3) is 5.91 Å². The van der Waals surface area contributed by atoms with E-state index in [1.165, 1.54) is 14.0 Å². The van der Waals surface area contributed by atoms with Crippen LogP contribution in [-0.4, -0.2) is 53.9 Å². The Morgan fingerprint density at radius 2 is 1.69 bits per heavy atom. The molecule has 29 heavy (non-hydrogen) atoms. The Morgan fingerprint density at radius 3 is 2.21 bits per heavy atom. The SMILES string of the molecule is CCCC1(CCC)NC(=O)N(CC(=O)O[C@H](C)C(=O)c2ccc(OC)cc2)C1=O. The first-order chi connectivity index (χ1) is 13.8. The number of carbonyl (C=O) groups is 4. The van der Waals surface area contributed by atoms with Gasteiger partial charge in [-0.15, -0.1) is 0 Å². The molecule has 0 spiro atoms. The summed E-state index contributed by atoms with van der Waals surface area (Å²) in [6, 6.07) is 5.81. The molecule has 1 aromatic carbocycles. The number of amides is 3. The minimum absolute atomic E-state index is 0.367. The zero-order valence-corrected chi connectivity index (χ0v) is 17.3. The van der Waals surface area contributed by atoms with E-state index in [1.807, 2.05) is 13.8 Å². The molecule has 158 valence electrons. The molecule has 1 atom stereocenters. The topological polar surface area (TPSA) is 102 Å². The lowest BCUT2D eigenvalue weighted by Gasteiger charge is -2.25. The fourth-order valence-corrected chi connectivity index (χ4v) is 3.54. The molecule has 1 aromatic rings. The number of rotatable bonds is 10. The fourth-order valence-electron chi connectivity index (χ4n) is 3.54. The van der Waals surface area contributed by atoms with Gasteiger partial charge in [0.2, 0.25) is 5.78 Å². The minimum Gasteiger partial charge on any atom is -0.497 e. The summed E-state index contributed by atoms with van der Waals surface area (Å²) < 4.78 is 10.2. The van der Waals surface area contributed by atoms with Gasteiger partial charge in [-0.25, -0.2) is 4.79 Å². The van der Waals surface area contributed by atoms with Crippen molar-refractivity contribution in [1.82, 2.24) is 10.2 Å². The van der Waals surface area contributed by atoms with E-state index < -0.39 is 36.1 Å². The number of nitrogens with one attached hydrogen (secondary N) is 1. The molecule has 0 aromatic heterocycles. The second kappa shape index (κ2) is 9.54. The molecule has 0 unspecified atom stereocenters. The number of imide groups is 1. The predicted molar refractivity (Wildman–Crippen MR) is 106 cm³/mol. The van der Waals surface area contributed by atoms with Crippen LogP contribution in [0, 0.1) is 0 Å². The molecule has 0 saturated carbocycles. The van der Waals surface area contributed by atoms with E-state index in [-0.39, 0.29) is 5.78 Å².